The van der Waals surface area contributed by atoms with Crippen LogP contribution in [0.1, 0.15) is 25.3 Å². The van der Waals surface area contributed by atoms with Gasteiger partial charge in [-0.1, -0.05) is 30.3 Å². The molecular formula is C23H21N4O. The van der Waals surface area contributed by atoms with E-state index in [1.807, 2.05) is 42.5 Å². The van der Waals surface area contributed by atoms with Crippen LogP contribution < -0.4 is 10.5 Å². The number of ether oxygens (including phenoxy) is 1. The molecule has 1 aliphatic carbocycles. The quantitative estimate of drug-likeness (QED) is 0.523. The van der Waals surface area contributed by atoms with Crippen LogP contribution in [0.15, 0.2) is 67.1 Å². The normalized spacial score (nSPS) is 14.6. The van der Waals surface area contributed by atoms with Gasteiger partial charge in [0.25, 0.3) is 0 Å². The molecule has 5 heteroatoms. The maximum absolute atomic E-state index is 6.24. The highest BCUT2D eigenvalue weighted by Gasteiger charge is 2.23. The SMILES string of the molecule is Nc1ncnc2c1c(-c1ccc(Oc3ccccc3)cc1)cn2C1C[CH]CC1. The van der Waals surface area contributed by atoms with Gasteiger partial charge in [0.15, 0.2) is 0 Å². The minimum atomic E-state index is 0.436. The highest BCUT2D eigenvalue weighted by molar-refractivity contribution is 6.00. The lowest BCUT2D eigenvalue weighted by molar-refractivity contribution is 0.483. The van der Waals surface area contributed by atoms with Gasteiger partial charge in [-0.15, -0.1) is 0 Å². The molecular weight excluding hydrogens is 348 g/mol. The summed E-state index contributed by atoms with van der Waals surface area (Å²) in [6.45, 7) is 0. The maximum atomic E-state index is 6.24. The van der Waals surface area contributed by atoms with E-state index in [2.05, 4.69) is 39.3 Å². The van der Waals surface area contributed by atoms with Gasteiger partial charge in [-0.25, -0.2) is 9.97 Å². The molecule has 2 aromatic heterocycles. The van der Waals surface area contributed by atoms with Gasteiger partial charge in [0.05, 0.1) is 5.39 Å². The number of rotatable bonds is 4. The van der Waals surface area contributed by atoms with Crippen molar-refractivity contribution >= 4 is 16.9 Å². The molecule has 0 spiro atoms. The van der Waals surface area contributed by atoms with E-state index in [0.29, 0.717) is 11.9 Å². The molecule has 5 nitrogen and oxygen atoms in total. The Labute approximate surface area is 163 Å². The summed E-state index contributed by atoms with van der Waals surface area (Å²) >= 11 is 0. The van der Waals surface area contributed by atoms with Crippen molar-refractivity contribution in [1.29, 1.82) is 0 Å². The smallest absolute Gasteiger partial charge is 0.146 e. The van der Waals surface area contributed by atoms with Crippen LogP contribution in [0.2, 0.25) is 0 Å². The number of nitrogen functional groups attached to an aromatic ring is 1. The van der Waals surface area contributed by atoms with Crippen molar-refractivity contribution in [3.63, 3.8) is 0 Å². The number of anilines is 1. The molecule has 5 rings (SSSR count). The first-order valence-corrected chi connectivity index (χ1v) is 9.55. The van der Waals surface area contributed by atoms with Gasteiger partial charge in [-0.05, 0) is 55.5 Å². The average molecular weight is 369 g/mol. The van der Waals surface area contributed by atoms with E-state index in [0.717, 1.165) is 52.9 Å². The van der Waals surface area contributed by atoms with E-state index in [1.54, 1.807) is 6.33 Å². The standard InChI is InChI=1S/C23H21N4O/c24-22-21-20(14-27(17-6-4-5-7-17)23(21)26-15-25-22)16-10-12-19(13-11-16)28-18-8-2-1-3-9-18/h1-4,8-15,17H,5-7H2,(H2,24,25,26). The molecule has 1 unspecified atom stereocenters. The molecule has 0 saturated heterocycles. The predicted octanol–water partition coefficient (Wildman–Crippen LogP) is 5.40. The summed E-state index contributed by atoms with van der Waals surface area (Å²) in [5.41, 5.74) is 9.29. The number of nitrogens with two attached hydrogens (primary N) is 1. The molecule has 0 aliphatic heterocycles. The number of nitrogens with zero attached hydrogens (tertiary/aromatic N) is 3. The van der Waals surface area contributed by atoms with E-state index in [9.17, 15) is 0 Å². The Morgan fingerprint density at radius 2 is 1.75 bits per heavy atom. The Kier molecular flexibility index (Phi) is 4.20. The number of fused-ring (bicyclic) bond motifs is 1. The van der Waals surface area contributed by atoms with E-state index >= 15 is 0 Å². The molecule has 139 valence electrons. The van der Waals surface area contributed by atoms with Crippen LogP contribution in [-0.2, 0) is 0 Å². The molecule has 1 atom stereocenters. The first-order valence-electron chi connectivity index (χ1n) is 9.55. The van der Waals surface area contributed by atoms with Crippen molar-refractivity contribution in [3.05, 3.63) is 73.5 Å². The van der Waals surface area contributed by atoms with Crippen LogP contribution in [0.4, 0.5) is 5.82 Å². The summed E-state index contributed by atoms with van der Waals surface area (Å²) in [6.07, 6.45) is 9.41. The molecule has 1 aliphatic rings. The summed E-state index contributed by atoms with van der Waals surface area (Å²) < 4.78 is 8.17. The van der Waals surface area contributed by atoms with E-state index in [4.69, 9.17) is 10.5 Å². The minimum Gasteiger partial charge on any atom is -0.457 e. The van der Waals surface area contributed by atoms with E-state index in [-0.39, 0.29) is 0 Å². The topological polar surface area (TPSA) is 66.0 Å². The summed E-state index contributed by atoms with van der Waals surface area (Å²) in [5, 5.41) is 0.922. The largest absolute Gasteiger partial charge is 0.457 e. The molecule has 1 fully saturated rings. The van der Waals surface area contributed by atoms with Gasteiger partial charge in [-0.3, -0.25) is 0 Å². The van der Waals surface area contributed by atoms with Crippen molar-refractivity contribution in [2.75, 3.05) is 5.73 Å². The summed E-state index contributed by atoms with van der Waals surface area (Å²) in [5.74, 6) is 2.14. The number of aromatic nitrogens is 3. The maximum Gasteiger partial charge on any atom is 0.146 e. The monoisotopic (exact) mass is 369 g/mol. The van der Waals surface area contributed by atoms with Crippen LogP contribution >= 0.6 is 0 Å². The molecule has 1 saturated carbocycles. The van der Waals surface area contributed by atoms with Gasteiger partial charge in [0.2, 0.25) is 0 Å². The Balaban J connectivity index is 1.53. The third-order valence-corrected chi connectivity index (χ3v) is 5.32. The lowest BCUT2D eigenvalue weighted by Crippen LogP contribution is -2.04. The second kappa shape index (κ2) is 7.00. The van der Waals surface area contributed by atoms with E-state index in [1.165, 1.54) is 0 Å². The number of hydrogen-bond acceptors (Lipinski definition) is 4. The lowest BCUT2D eigenvalue weighted by atomic mass is 10.1. The van der Waals surface area contributed by atoms with Gasteiger partial charge in [0, 0.05) is 17.8 Å². The number of benzene rings is 2. The number of para-hydroxylation sites is 1. The van der Waals surface area contributed by atoms with Crippen molar-refractivity contribution < 1.29 is 4.74 Å². The summed E-state index contributed by atoms with van der Waals surface area (Å²) in [4.78, 5) is 8.77. The second-order valence-corrected chi connectivity index (χ2v) is 7.10. The molecule has 2 aromatic carbocycles. The molecule has 0 amide bonds. The Morgan fingerprint density at radius 3 is 2.50 bits per heavy atom. The van der Waals surface area contributed by atoms with Crippen molar-refractivity contribution in [1.82, 2.24) is 14.5 Å². The fraction of sp³-hybridized carbons (Fsp3) is 0.174. The second-order valence-electron chi connectivity index (χ2n) is 7.10. The molecule has 0 bridgehead atoms. The van der Waals surface area contributed by atoms with Gasteiger partial charge in [0.1, 0.15) is 29.3 Å². The van der Waals surface area contributed by atoms with Crippen molar-refractivity contribution in [2.24, 2.45) is 0 Å². The third-order valence-electron chi connectivity index (χ3n) is 5.32. The summed E-state index contributed by atoms with van der Waals surface area (Å²) in [7, 11) is 0. The fourth-order valence-electron chi connectivity index (χ4n) is 3.92. The zero-order chi connectivity index (χ0) is 18.9. The minimum absolute atomic E-state index is 0.436. The van der Waals surface area contributed by atoms with Crippen LogP contribution in [0, 0.1) is 6.42 Å². The van der Waals surface area contributed by atoms with Crippen molar-refractivity contribution in [2.45, 2.75) is 25.3 Å². The lowest BCUT2D eigenvalue weighted by Gasteiger charge is -2.12. The van der Waals surface area contributed by atoms with Crippen LogP contribution in [0.3, 0.4) is 0 Å². The highest BCUT2D eigenvalue weighted by atomic mass is 16.5. The van der Waals surface area contributed by atoms with Gasteiger partial charge >= 0.3 is 0 Å². The molecule has 4 aromatic rings. The summed E-state index contributed by atoms with van der Waals surface area (Å²) in [6, 6.07) is 18.3. The molecule has 1 radical (unpaired) electrons. The van der Waals surface area contributed by atoms with Crippen LogP contribution in [0.5, 0.6) is 11.5 Å². The number of hydrogen-bond donors (Lipinski definition) is 1. The average Bonchev–Trinajstić information content (AvgIpc) is 3.38. The van der Waals surface area contributed by atoms with Crippen LogP contribution in [-0.4, -0.2) is 14.5 Å². The predicted molar refractivity (Wildman–Crippen MR) is 111 cm³/mol. The fourth-order valence-corrected chi connectivity index (χ4v) is 3.92. The third kappa shape index (κ3) is 2.99. The van der Waals surface area contributed by atoms with Gasteiger partial charge < -0.3 is 15.0 Å². The van der Waals surface area contributed by atoms with Gasteiger partial charge in [-0.2, -0.15) is 0 Å². The Hall–Kier alpha value is -3.34. The Bertz CT molecular complexity index is 1100. The highest BCUT2D eigenvalue weighted by Crippen LogP contribution is 2.38. The molecule has 28 heavy (non-hydrogen) atoms. The first-order chi connectivity index (χ1) is 13.8. The van der Waals surface area contributed by atoms with Crippen molar-refractivity contribution in [3.8, 4) is 22.6 Å². The molecule has 2 heterocycles. The molecule has 2 N–H and O–H groups in total. The van der Waals surface area contributed by atoms with Crippen LogP contribution in [0.25, 0.3) is 22.2 Å². The zero-order valence-corrected chi connectivity index (χ0v) is 15.5. The Morgan fingerprint density at radius 1 is 0.964 bits per heavy atom. The first kappa shape index (κ1) is 16.8. The zero-order valence-electron chi connectivity index (χ0n) is 15.5. The van der Waals surface area contributed by atoms with E-state index < -0.39 is 0 Å².